The topological polar surface area (TPSA) is 125 Å². The lowest BCUT2D eigenvalue weighted by Gasteiger charge is -2.45. The first-order valence-corrected chi connectivity index (χ1v) is 15.2. The highest BCUT2D eigenvalue weighted by Gasteiger charge is 2.45. The Morgan fingerprint density at radius 2 is 1.82 bits per heavy atom. The van der Waals surface area contributed by atoms with E-state index in [0.29, 0.717) is 62.0 Å². The Morgan fingerprint density at radius 1 is 1.05 bits per heavy atom. The van der Waals surface area contributed by atoms with Crippen LogP contribution in [0, 0.1) is 23.2 Å². The second-order valence-corrected chi connectivity index (χ2v) is 12.5. The van der Waals surface area contributed by atoms with Crippen LogP contribution in [0.1, 0.15) is 64.7 Å². The van der Waals surface area contributed by atoms with E-state index in [-0.39, 0.29) is 30.6 Å². The normalized spacial score (nSPS) is 39.1. The number of methoxy groups -OCH3 is 1. The van der Waals surface area contributed by atoms with Gasteiger partial charge in [-0.3, -0.25) is 31.1 Å². The zero-order valence-corrected chi connectivity index (χ0v) is 23.5. The van der Waals surface area contributed by atoms with Gasteiger partial charge in [0.15, 0.2) is 0 Å². The van der Waals surface area contributed by atoms with Crippen LogP contribution in [0.4, 0.5) is 0 Å². The molecule has 5 aliphatic rings. The van der Waals surface area contributed by atoms with Crippen molar-refractivity contribution in [2.24, 2.45) is 17.8 Å². The van der Waals surface area contributed by atoms with Gasteiger partial charge in [0, 0.05) is 57.8 Å². The summed E-state index contributed by atoms with van der Waals surface area (Å²) >= 11 is 0. The molecule has 6 unspecified atom stereocenters. The summed E-state index contributed by atoms with van der Waals surface area (Å²) in [7, 11) is 1.85. The Morgan fingerprint density at radius 3 is 2.53 bits per heavy atom. The summed E-state index contributed by atoms with van der Waals surface area (Å²) in [6, 6.07) is 1.03. The van der Waals surface area contributed by atoms with Crippen molar-refractivity contribution in [1.29, 1.82) is 5.41 Å². The number of amides is 1. The lowest BCUT2D eigenvalue weighted by Crippen LogP contribution is -2.67. The van der Waals surface area contributed by atoms with Crippen LogP contribution in [0.15, 0.2) is 0 Å². The Balaban J connectivity index is 1.06. The SMILES string of the molecule is COC1CCC(C2CNC3C(NC4CCC(C(=O)NCC(=N)N5CCC(O)CC5)C(C)C4)NCCN23)CC1. The van der Waals surface area contributed by atoms with Crippen LogP contribution in [0.3, 0.4) is 0 Å². The van der Waals surface area contributed by atoms with Gasteiger partial charge in [-0.25, -0.2) is 0 Å². The molecule has 6 N–H and O–H groups in total. The molecule has 0 aromatic heterocycles. The van der Waals surface area contributed by atoms with Crippen molar-refractivity contribution in [3.63, 3.8) is 0 Å². The van der Waals surface area contributed by atoms with Gasteiger partial charge in [0.05, 0.1) is 31.1 Å². The molecule has 1 amide bonds. The number of nitrogens with one attached hydrogen (secondary N) is 5. The Bertz CT molecular complexity index is 799. The van der Waals surface area contributed by atoms with E-state index in [1.54, 1.807) is 0 Å². The van der Waals surface area contributed by atoms with Gasteiger partial charge in [-0.05, 0) is 69.6 Å². The van der Waals surface area contributed by atoms with E-state index >= 15 is 0 Å². The lowest BCUT2D eigenvalue weighted by atomic mass is 9.77. The zero-order valence-electron chi connectivity index (χ0n) is 23.5. The van der Waals surface area contributed by atoms with Gasteiger partial charge < -0.3 is 20.1 Å². The first kappa shape index (κ1) is 28.2. The van der Waals surface area contributed by atoms with Crippen LogP contribution in [0.5, 0.6) is 0 Å². The molecule has 0 bridgehead atoms. The summed E-state index contributed by atoms with van der Waals surface area (Å²) in [6.07, 6.45) is 9.94. The van der Waals surface area contributed by atoms with Crippen molar-refractivity contribution in [1.82, 2.24) is 31.1 Å². The Kier molecular flexibility index (Phi) is 9.59. The maximum Gasteiger partial charge on any atom is 0.223 e. The average Bonchev–Trinajstić information content (AvgIpc) is 3.37. The molecule has 2 saturated carbocycles. The van der Waals surface area contributed by atoms with Crippen LogP contribution >= 0.6 is 0 Å². The zero-order chi connectivity index (χ0) is 26.6. The number of piperidine rings is 1. The van der Waals surface area contributed by atoms with Crippen LogP contribution < -0.4 is 21.3 Å². The van der Waals surface area contributed by atoms with E-state index in [4.69, 9.17) is 10.1 Å². The van der Waals surface area contributed by atoms with E-state index in [1.807, 2.05) is 12.0 Å². The molecule has 3 saturated heterocycles. The third-order valence-corrected chi connectivity index (χ3v) is 10.2. The van der Waals surface area contributed by atoms with E-state index in [1.165, 1.54) is 25.7 Å². The number of carbonyl (C=O) groups excluding carboxylic acids is 1. The predicted octanol–water partition coefficient (Wildman–Crippen LogP) is 0.665. The molecule has 2 aliphatic carbocycles. The number of hydrogen-bond donors (Lipinski definition) is 6. The van der Waals surface area contributed by atoms with Crippen LogP contribution in [-0.2, 0) is 9.53 Å². The number of fused-ring (bicyclic) bond motifs is 1. The van der Waals surface area contributed by atoms with Gasteiger partial charge in [-0.1, -0.05) is 6.92 Å². The minimum Gasteiger partial charge on any atom is -0.393 e. The third-order valence-electron chi connectivity index (χ3n) is 10.2. The molecule has 10 nitrogen and oxygen atoms in total. The third kappa shape index (κ3) is 6.53. The first-order chi connectivity index (χ1) is 18.4. The maximum atomic E-state index is 13.0. The summed E-state index contributed by atoms with van der Waals surface area (Å²) in [4.78, 5) is 17.7. The summed E-state index contributed by atoms with van der Waals surface area (Å²) in [5.41, 5.74) is 0. The van der Waals surface area contributed by atoms with Crippen molar-refractivity contribution in [3.8, 4) is 0 Å². The van der Waals surface area contributed by atoms with E-state index in [9.17, 15) is 9.90 Å². The summed E-state index contributed by atoms with van der Waals surface area (Å²) in [5, 5.41) is 32.6. The van der Waals surface area contributed by atoms with Crippen molar-refractivity contribution in [3.05, 3.63) is 0 Å². The fourth-order valence-electron chi connectivity index (χ4n) is 7.79. The largest absolute Gasteiger partial charge is 0.393 e. The number of aliphatic hydroxyl groups excluding tert-OH is 1. The second kappa shape index (κ2) is 12.9. The molecular weight excluding hydrogens is 482 g/mol. The van der Waals surface area contributed by atoms with Crippen LogP contribution in [-0.4, -0.2) is 110 Å². The molecule has 5 fully saturated rings. The number of likely N-dealkylation sites (tertiary alicyclic amines) is 1. The van der Waals surface area contributed by atoms with Gasteiger partial charge in [-0.15, -0.1) is 0 Å². The van der Waals surface area contributed by atoms with Crippen molar-refractivity contribution in [2.75, 3.05) is 46.4 Å². The minimum atomic E-state index is -0.253. The number of carbonyl (C=O) groups is 1. The number of aliphatic hydroxyl groups is 1. The van der Waals surface area contributed by atoms with E-state index in [0.717, 1.165) is 44.8 Å². The molecule has 6 atom stereocenters. The quantitative estimate of drug-likeness (QED) is 0.208. The molecule has 216 valence electrons. The monoisotopic (exact) mass is 533 g/mol. The van der Waals surface area contributed by atoms with Gasteiger partial charge in [-0.2, -0.15) is 0 Å². The van der Waals surface area contributed by atoms with Crippen molar-refractivity contribution < 1.29 is 14.6 Å². The lowest BCUT2D eigenvalue weighted by molar-refractivity contribution is -0.127. The van der Waals surface area contributed by atoms with E-state index < -0.39 is 0 Å². The highest BCUT2D eigenvalue weighted by atomic mass is 16.5. The minimum absolute atomic E-state index is 0.0102. The molecular formula is C28H51N7O3. The summed E-state index contributed by atoms with van der Waals surface area (Å²) in [5.74, 6) is 1.62. The predicted molar refractivity (Wildman–Crippen MR) is 148 cm³/mol. The van der Waals surface area contributed by atoms with Crippen LogP contribution in [0.25, 0.3) is 0 Å². The number of piperazine rings is 1. The van der Waals surface area contributed by atoms with Gasteiger partial charge in [0.25, 0.3) is 0 Å². The number of nitrogens with zero attached hydrogens (tertiary/aromatic N) is 2. The van der Waals surface area contributed by atoms with Gasteiger partial charge in [0.1, 0.15) is 5.84 Å². The molecule has 5 rings (SSSR count). The molecule has 0 aromatic carbocycles. The number of rotatable bonds is 7. The summed E-state index contributed by atoms with van der Waals surface area (Å²) < 4.78 is 5.60. The van der Waals surface area contributed by atoms with Crippen LogP contribution in [0.2, 0.25) is 0 Å². The highest BCUT2D eigenvalue weighted by molar-refractivity contribution is 5.87. The fraction of sp³-hybridized carbons (Fsp3) is 0.929. The molecule has 3 aliphatic heterocycles. The average molecular weight is 534 g/mol. The van der Waals surface area contributed by atoms with Gasteiger partial charge >= 0.3 is 0 Å². The highest BCUT2D eigenvalue weighted by Crippen LogP contribution is 2.34. The van der Waals surface area contributed by atoms with Crippen molar-refractivity contribution >= 4 is 11.7 Å². The summed E-state index contributed by atoms with van der Waals surface area (Å²) in [6.45, 7) is 7.06. The maximum absolute atomic E-state index is 13.0. The first-order valence-electron chi connectivity index (χ1n) is 15.2. The fourth-order valence-corrected chi connectivity index (χ4v) is 7.79. The smallest absolute Gasteiger partial charge is 0.223 e. The molecule has 38 heavy (non-hydrogen) atoms. The molecule has 0 aromatic rings. The Labute approximate surface area is 228 Å². The molecule has 0 radical (unpaired) electrons. The number of amidine groups is 1. The number of hydrogen-bond acceptors (Lipinski definition) is 8. The van der Waals surface area contributed by atoms with Crippen molar-refractivity contribution in [2.45, 2.75) is 101 Å². The molecule has 0 spiro atoms. The standard InChI is InChI=1S/C28H51N7O3/c1-18-15-20(5-8-23(18)28(37)32-17-25(29)34-12-9-21(36)10-13-34)33-26-27-31-16-24(35(27)14-11-30-26)19-3-6-22(38-2)7-4-19/h18-24,26-27,29-31,33,36H,3-17H2,1-2H3,(H,32,37). The number of ether oxygens (including phenoxy) is 1. The molecule has 3 heterocycles. The second-order valence-electron chi connectivity index (χ2n) is 12.5. The Hall–Kier alpha value is -1.30. The molecule has 10 heteroatoms. The van der Waals surface area contributed by atoms with Gasteiger partial charge in [0.2, 0.25) is 5.91 Å². The van der Waals surface area contributed by atoms with E-state index in [2.05, 4.69) is 33.1 Å².